The maximum Gasteiger partial charge on any atom is 0.202 e. The smallest absolute Gasteiger partial charge is 0.202 e. The Hall–Kier alpha value is -2.36. The molecule has 1 fully saturated rings. The molecule has 2 unspecified atom stereocenters. The number of nitrogen functional groups attached to an aromatic ring is 1. The van der Waals surface area contributed by atoms with Gasteiger partial charge in [0.05, 0.1) is 0 Å². The van der Waals surface area contributed by atoms with Gasteiger partial charge in [0.2, 0.25) is 5.95 Å². The normalized spacial score (nSPS) is 21.2. The van der Waals surface area contributed by atoms with Gasteiger partial charge in [-0.1, -0.05) is 30.3 Å². The molecule has 0 radical (unpaired) electrons. The van der Waals surface area contributed by atoms with Gasteiger partial charge in [-0.15, -0.1) is 0 Å². The number of nitrogens with zero attached hydrogens (tertiary/aromatic N) is 3. The summed E-state index contributed by atoms with van der Waals surface area (Å²) in [6.45, 7) is 2.02. The van der Waals surface area contributed by atoms with Crippen molar-refractivity contribution >= 4 is 17.1 Å². The highest BCUT2D eigenvalue weighted by Gasteiger charge is 2.41. The molecule has 1 saturated carbocycles. The second-order valence-electron chi connectivity index (χ2n) is 5.52. The van der Waals surface area contributed by atoms with E-state index >= 15 is 0 Å². The average Bonchev–Trinajstić information content (AvgIpc) is 3.16. The monoisotopic (exact) mass is 264 g/mol. The van der Waals surface area contributed by atoms with E-state index in [0.717, 1.165) is 23.1 Å². The van der Waals surface area contributed by atoms with Crippen molar-refractivity contribution < 1.29 is 0 Å². The van der Waals surface area contributed by atoms with Crippen LogP contribution < -0.4 is 5.73 Å². The summed E-state index contributed by atoms with van der Waals surface area (Å²) in [6, 6.07) is 13.0. The molecule has 0 amide bonds. The molecule has 1 aliphatic rings. The minimum Gasteiger partial charge on any atom is -0.369 e. The van der Waals surface area contributed by atoms with E-state index in [0.29, 0.717) is 17.9 Å². The molecule has 4 nitrogen and oxygen atoms in total. The summed E-state index contributed by atoms with van der Waals surface area (Å²) in [4.78, 5) is 8.95. The van der Waals surface area contributed by atoms with Gasteiger partial charge in [-0.3, -0.25) is 4.57 Å². The van der Waals surface area contributed by atoms with Crippen LogP contribution in [0.2, 0.25) is 0 Å². The largest absolute Gasteiger partial charge is 0.369 e. The van der Waals surface area contributed by atoms with Gasteiger partial charge in [0.1, 0.15) is 5.52 Å². The molecule has 2 heterocycles. The summed E-state index contributed by atoms with van der Waals surface area (Å²) in [5, 5.41) is 0. The number of hydrogen-bond acceptors (Lipinski definition) is 3. The van der Waals surface area contributed by atoms with Crippen molar-refractivity contribution in [1.82, 2.24) is 14.5 Å². The predicted octanol–water partition coefficient (Wildman–Crippen LogP) is 3.05. The molecule has 0 saturated heterocycles. The summed E-state index contributed by atoms with van der Waals surface area (Å²) in [5.41, 5.74) is 10.4. The van der Waals surface area contributed by atoms with E-state index in [-0.39, 0.29) is 0 Å². The summed E-state index contributed by atoms with van der Waals surface area (Å²) >= 11 is 0. The van der Waals surface area contributed by atoms with Gasteiger partial charge in [-0.05, 0) is 30.5 Å². The molecule has 4 heteroatoms. The molecule has 0 spiro atoms. The van der Waals surface area contributed by atoms with Crippen molar-refractivity contribution in [3.8, 4) is 0 Å². The van der Waals surface area contributed by atoms with Crippen LogP contribution in [0.15, 0.2) is 42.6 Å². The van der Waals surface area contributed by atoms with E-state index in [2.05, 4.69) is 38.8 Å². The summed E-state index contributed by atoms with van der Waals surface area (Å²) in [7, 11) is 0. The fourth-order valence-corrected chi connectivity index (χ4v) is 2.95. The number of anilines is 1. The fraction of sp³-hybridized carbons (Fsp3) is 0.250. The molecule has 4 rings (SSSR count). The number of benzene rings is 1. The Morgan fingerprint density at radius 1 is 1.25 bits per heavy atom. The highest BCUT2D eigenvalue weighted by Crippen LogP contribution is 2.52. The average molecular weight is 264 g/mol. The highest BCUT2D eigenvalue weighted by molar-refractivity contribution is 5.75. The van der Waals surface area contributed by atoms with Crippen molar-refractivity contribution in [3.63, 3.8) is 0 Å². The summed E-state index contributed by atoms with van der Waals surface area (Å²) < 4.78 is 2.09. The van der Waals surface area contributed by atoms with Crippen molar-refractivity contribution in [1.29, 1.82) is 0 Å². The lowest BCUT2D eigenvalue weighted by atomic mass is 10.1. The molecule has 0 bridgehead atoms. The van der Waals surface area contributed by atoms with Gasteiger partial charge >= 0.3 is 0 Å². The second-order valence-corrected chi connectivity index (χ2v) is 5.52. The molecule has 3 aromatic rings. The standard InChI is InChI=1S/C16H16N4/c1-10-7-13-15(18-9-10)20(16(17)19-13)14-8-12(14)11-5-3-2-4-6-11/h2-7,9,12,14H,8H2,1H3,(H2,17,19). The molecule has 1 aromatic carbocycles. The molecule has 0 aliphatic heterocycles. The zero-order chi connectivity index (χ0) is 13.7. The van der Waals surface area contributed by atoms with E-state index in [4.69, 9.17) is 5.73 Å². The molecule has 100 valence electrons. The van der Waals surface area contributed by atoms with Crippen LogP contribution in [0.25, 0.3) is 11.2 Å². The van der Waals surface area contributed by atoms with E-state index in [1.165, 1.54) is 5.56 Å². The molecule has 2 aromatic heterocycles. The number of pyridine rings is 1. The molecular formula is C16H16N4. The number of imidazole rings is 1. The topological polar surface area (TPSA) is 56.7 Å². The Bertz CT molecular complexity index is 776. The fourth-order valence-electron chi connectivity index (χ4n) is 2.95. The molecule has 1 aliphatic carbocycles. The van der Waals surface area contributed by atoms with Crippen LogP contribution in [-0.4, -0.2) is 14.5 Å². The van der Waals surface area contributed by atoms with Crippen molar-refractivity contribution in [3.05, 3.63) is 53.7 Å². The van der Waals surface area contributed by atoms with Gasteiger partial charge in [-0.25, -0.2) is 9.97 Å². The zero-order valence-corrected chi connectivity index (χ0v) is 11.3. The lowest BCUT2D eigenvalue weighted by Crippen LogP contribution is -2.03. The first-order valence-electron chi connectivity index (χ1n) is 6.89. The lowest BCUT2D eigenvalue weighted by molar-refractivity contribution is 0.743. The number of nitrogens with two attached hydrogens (primary N) is 1. The van der Waals surface area contributed by atoms with Crippen LogP contribution in [0.5, 0.6) is 0 Å². The Morgan fingerprint density at radius 2 is 2.05 bits per heavy atom. The van der Waals surface area contributed by atoms with Crippen LogP contribution in [0.1, 0.15) is 29.5 Å². The number of aryl methyl sites for hydroxylation is 1. The third-order valence-electron chi connectivity index (χ3n) is 4.01. The maximum atomic E-state index is 6.10. The summed E-state index contributed by atoms with van der Waals surface area (Å²) in [6.07, 6.45) is 2.98. The van der Waals surface area contributed by atoms with Crippen molar-refractivity contribution in [2.24, 2.45) is 0 Å². The van der Waals surface area contributed by atoms with Crippen LogP contribution in [-0.2, 0) is 0 Å². The van der Waals surface area contributed by atoms with E-state index < -0.39 is 0 Å². The first kappa shape index (κ1) is 11.5. The minimum absolute atomic E-state index is 0.387. The third-order valence-corrected chi connectivity index (χ3v) is 4.01. The van der Waals surface area contributed by atoms with E-state index in [9.17, 15) is 0 Å². The van der Waals surface area contributed by atoms with Crippen molar-refractivity contribution in [2.45, 2.75) is 25.3 Å². The Balaban J connectivity index is 1.76. The second kappa shape index (κ2) is 4.07. The molecule has 2 N–H and O–H groups in total. The quantitative estimate of drug-likeness (QED) is 0.774. The number of fused-ring (bicyclic) bond motifs is 1. The van der Waals surface area contributed by atoms with E-state index in [1.54, 1.807) is 0 Å². The van der Waals surface area contributed by atoms with Crippen LogP contribution in [0.4, 0.5) is 5.95 Å². The van der Waals surface area contributed by atoms with Gasteiger partial charge in [0.15, 0.2) is 5.65 Å². The number of hydrogen-bond donors (Lipinski definition) is 1. The summed E-state index contributed by atoms with van der Waals surface area (Å²) in [5.74, 6) is 1.10. The predicted molar refractivity (Wildman–Crippen MR) is 79.5 cm³/mol. The number of rotatable bonds is 2. The van der Waals surface area contributed by atoms with Gasteiger partial charge in [-0.2, -0.15) is 0 Å². The van der Waals surface area contributed by atoms with Crippen molar-refractivity contribution in [2.75, 3.05) is 5.73 Å². The number of aromatic nitrogens is 3. The first-order chi connectivity index (χ1) is 9.74. The third kappa shape index (κ3) is 1.68. The minimum atomic E-state index is 0.387. The molecular weight excluding hydrogens is 248 g/mol. The Kier molecular flexibility index (Phi) is 2.33. The first-order valence-corrected chi connectivity index (χ1v) is 6.89. The van der Waals surface area contributed by atoms with Gasteiger partial charge in [0.25, 0.3) is 0 Å². The Morgan fingerprint density at radius 3 is 2.85 bits per heavy atom. The van der Waals surface area contributed by atoms with E-state index in [1.807, 2.05) is 25.3 Å². The molecule has 2 atom stereocenters. The SMILES string of the molecule is Cc1cnc2c(c1)nc(N)n2C1CC1c1ccccc1. The van der Waals surface area contributed by atoms with Crippen LogP contribution in [0.3, 0.4) is 0 Å². The zero-order valence-electron chi connectivity index (χ0n) is 11.3. The Labute approximate surface area is 117 Å². The van der Waals surface area contributed by atoms with Crippen LogP contribution in [0, 0.1) is 6.92 Å². The lowest BCUT2D eigenvalue weighted by Gasteiger charge is -2.05. The van der Waals surface area contributed by atoms with Crippen LogP contribution >= 0.6 is 0 Å². The van der Waals surface area contributed by atoms with Gasteiger partial charge in [0, 0.05) is 18.2 Å². The molecule has 20 heavy (non-hydrogen) atoms. The maximum absolute atomic E-state index is 6.10. The highest BCUT2D eigenvalue weighted by atomic mass is 15.2. The van der Waals surface area contributed by atoms with Gasteiger partial charge < -0.3 is 5.73 Å².